The number of hydrogen-bond donors (Lipinski definition) is 0. The van der Waals surface area contributed by atoms with Gasteiger partial charge in [0.1, 0.15) is 0 Å². The molecule has 0 heterocycles. The highest BCUT2D eigenvalue weighted by atomic mass is 19.3. The quantitative estimate of drug-likeness (QED) is 0.318. The fraction of sp³-hybridized carbons (Fsp3) is 0.600. The van der Waals surface area contributed by atoms with Crippen LogP contribution in [0.15, 0.2) is 55.1 Å². The van der Waals surface area contributed by atoms with E-state index in [4.69, 9.17) is 0 Å². The Bertz CT molecular complexity index is 735. The predicted molar refractivity (Wildman–Crippen MR) is 134 cm³/mol. The smallest absolute Gasteiger partial charge is 0.207 e. The molecule has 176 valence electrons. The summed E-state index contributed by atoms with van der Waals surface area (Å²) >= 11 is 0. The Morgan fingerprint density at radius 3 is 2.16 bits per heavy atom. The molecule has 3 rings (SSSR count). The number of unbranched alkanes of at least 4 members (excludes halogenated alkanes) is 1. The molecule has 2 saturated carbocycles. The van der Waals surface area contributed by atoms with Crippen molar-refractivity contribution in [1.29, 1.82) is 0 Å². The third-order valence-corrected chi connectivity index (χ3v) is 7.57. The van der Waals surface area contributed by atoms with Gasteiger partial charge in [0.2, 0.25) is 0 Å². The first-order valence-corrected chi connectivity index (χ1v) is 12.9. The van der Waals surface area contributed by atoms with Crippen LogP contribution in [0.25, 0.3) is 6.08 Å². The first-order valence-electron chi connectivity index (χ1n) is 12.9. The molecule has 0 aromatic heterocycles. The molecule has 0 spiro atoms. The van der Waals surface area contributed by atoms with Crippen molar-refractivity contribution in [3.05, 3.63) is 66.3 Å². The minimum atomic E-state index is -2.52. The molecule has 0 amide bonds. The van der Waals surface area contributed by atoms with Crippen LogP contribution in [-0.2, 0) is 6.42 Å². The van der Waals surface area contributed by atoms with Crippen molar-refractivity contribution in [1.82, 2.24) is 0 Å². The highest BCUT2D eigenvalue weighted by Crippen LogP contribution is 2.44. The molecule has 1 aromatic rings. The van der Waals surface area contributed by atoms with Crippen molar-refractivity contribution >= 4 is 6.08 Å². The van der Waals surface area contributed by atoms with Crippen molar-refractivity contribution in [2.24, 2.45) is 23.7 Å². The molecule has 0 aliphatic heterocycles. The average Bonchev–Trinajstić information content (AvgIpc) is 2.80. The van der Waals surface area contributed by atoms with Crippen LogP contribution in [0.3, 0.4) is 0 Å². The normalized spacial score (nSPS) is 28.3. The first-order chi connectivity index (χ1) is 15.5. The Morgan fingerprint density at radius 1 is 0.906 bits per heavy atom. The number of allylic oxidation sites excluding steroid dienone is 4. The summed E-state index contributed by atoms with van der Waals surface area (Å²) in [5.74, 6) is -1.73. The standard InChI is InChI=1S/C30H42F2/c1-3-5-7-24-9-11-25(12-10-24)13-14-26-15-17-27(18-16-26)19-20-28-21-22-29(8-6-4-2)30(31,32)23-28/h4,9-14,19-20,26-29H,2-3,5-8,15-18,21-23H2,1H3/b14-13+,20-19+. The van der Waals surface area contributed by atoms with Crippen LogP contribution in [0.1, 0.15) is 88.7 Å². The van der Waals surface area contributed by atoms with Gasteiger partial charge < -0.3 is 0 Å². The molecular formula is C30H42F2. The van der Waals surface area contributed by atoms with Gasteiger partial charge in [-0.3, -0.25) is 0 Å². The number of hydrogen-bond acceptors (Lipinski definition) is 0. The van der Waals surface area contributed by atoms with Gasteiger partial charge in [-0.1, -0.05) is 68.0 Å². The van der Waals surface area contributed by atoms with Gasteiger partial charge in [-0.05, 0) is 93.1 Å². The molecule has 0 nitrogen and oxygen atoms in total. The van der Waals surface area contributed by atoms with Crippen LogP contribution in [0.4, 0.5) is 8.78 Å². The maximum atomic E-state index is 14.5. The summed E-state index contributed by atoms with van der Waals surface area (Å²) in [6.07, 6.45) is 22.1. The van der Waals surface area contributed by atoms with Crippen LogP contribution < -0.4 is 0 Å². The van der Waals surface area contributed by atoms with E-state index in [1.165, 1.54) is 56.1 Å². The lowest BCUT2D eigenvalue weighted by Gasteiger charge is -2.35. The molecule has 0 saturated heterocycles. The number of benzene rings is 1. The summed E-state index contributed by atoms with van der Waals surface area (Å²) in [6, 6.07) is 8.98. The monoisotopic (exact) mass is 440 g/mol. The fourth-order valence-corrected chi connectivity index (χ4v) is 5.35. The van der Waals surface area contributed by atoms with E-state index in [0.29, 0.717) is 31.1 Å². The molecule has 0 N–H and O–H groups in total. The van der Waals surface area contributed by atoms with E-state index in [-0.39, 0.29) is 12.3 Å². The summed E-state index contributed by atoms with van der Waals surface area (Å²) in [7, 11) is 0. The van der Waals surface area contributed by atoms with Gasteiger partial charge in [-0.25, -0.2) is 8.78 Å². The summed E-state index contributed by atoms with van der Waals surface area (Å²) in [6.45, 7) is 5.91. The van der Waals surface area contributed by atoms with Gasteiger partial charge in [-0.15, -0.1) is 6.58 Å². The maximum absolute atomic E-state index is 14.5. The molecule has 2 fully saturated rings. The van der Waals surface area contributed by atoms with Gasteiger partial charge >= 0.3 is 0 Å². The van der Waals surface area contributed by atoms with Crippen molar-refractivity contribution in [2.45, 2.75) is 89.9 Å². The maximum Gasteiger partial charge on any atom is 0.251 e. The van der Waals surface area contributed by atoms with E-state index in [2.05, 4.69) is 62.1 Å². The predicted octanol–water partition coefficient (Wildman–Crippen LogP) is 9.42. The van der Waals surface area contributed by atoms with Gasteiger partial charge in [0.25, 0.3) is 5.92 Å². The van der Waals surface area contributed by atoms with Crippen LogP contribution in [0, 0.1) is 23.7 Å². The average molecular weight is 441 g/mol. The minimum Gasteiger partial charge on any atom is -0.207 e. The van der Waals surface area contributed by atoms with Gasteiger partial charge in [0, 0.05) is 12.3 Å². The third kappa shape index (κ3) is 7.71. The van der Waals surface area contributed by atoms with Crippen LogP contribution in [0.5, 0.6) is 0 Å². The molecule has 0 radical (unpaired) electrons. The Kier molecular flexibility index (Phi) is 9.75. The second-order valence-electron chi connectivity index (χ2n) is 10.1. The van der Waals surface area contributed by atoms with Gasteiger partial charge in [-0.2, -0.15) is 0 Å². The highest BCUT2D eigenvalue weighted by molar-refractivity contribution is 5.50. The summed E-state index contributed by atoms with van der Waals surface area (Å²) in [5.41, 5.74) is 2.72. The van der Waals surface area contributed by atoms with Crippen LogP contribution in [0.2, 0.25) is 0 Å². The zero-order valence-corrected chi connectivity index (χ0v) is 20.0. The molecule has 2 atom stereocenters. The van der Waals surface area contributed by atoms with Crippen molar-refractivity contribution < 1.29 is 8.78 Å². The van der Waals surface area contributed by atoms with E-state index < -0.39 is 11.8 Å². The fourth-order valence-electron chi connectivity index (χ4n) is 5.35. The van der Waals surface area contributed by atoms with Gasteiger partial charge in [0.15, 0.2) is 0 Å². The molecule has 2 aliphatic carbocycles. The second kappa shape index (κ2) is 12.5. The Morgan fingerprint density at radius 2 is 1.53 bits per heavy atom. The molecule has 2 heteroatoms. The van der Waals surface area contributed by atoms with Gasteiger partial charge in [0.05, 0.1) is 0 Å². The van der Waals surface area contributed by atoms with Crippen LogP contribution in [-0.4, -0.2) is 5.92 Å². The topological polar surface area (TPSA) is 0 Å². The lowest BCUT2D eigenvalue weighted by molar-refractivity contribution is -0.0981. The van der Waals surface area contributed by atoms with E-state index in [1.807, 2.05) is 0 Å². The highest BCUT2D eigenvalue weighted by Gasteiger charge is 2.43. The Labute approximate surface area is 194 Å². The molecule has 1 aromatic carbocycles. The second-order valence-corrected chi connectivity index (χ2v) is 10.1. The number of rotatable bonds is 10. The van der Waals surface area contributed by atoms with E-state index >= 15 is 0 Å². The molecule has 2 aliphatic rings. The number of aryl methyl sites for hydroxylation is 1. The zero-order valence-electron chi connectivity index (χ0n) is 20.0. The lowest BCUT2D eigenvalue weighted by atomic mass is 9.76. The minimum absolute atomic E-state index is 0.0284. The third-order valence-electron chi connectivity index (χ3n) is 7.57. The van der Waals surface area contributed by atoms with E-state index in [0.717, 1.165) is 6.42 Å². The molecular weight excluding hydrogens is 398 g/mol. The molecule has 2 unspecified atom stereocenters. The summed E-state index contributed by atoms with van der Waals surface area (Å²) in [5, 5.41) is 0. The number of halogens is 2. The Balaban J connectivity index is 1.40. The largest absolute Gasteiger partial charge is 0.251 e. The van der Waals surface area contributed by atoms with Crippen LogP contribution >= 0.6 is 0 Å². The van der Waals surface area contributed by atoms with E-state index in [9.17, 15) is 8.78 Å². The summed E-state index contributed by atoms with van der Waals surface area (Å²) in [4.78, 5) is 0. The number of alkyl halides is 2. The summed E-state index contributed by atoms with van der Waals surface area (Å²) < 4.78 is 29.0. The Hall–Kier alpha value is -1.70. The molecule has 0 bridgehead atoms. The molecule has 32 heavy (non-hydrogen) atoms. The zero-order chi connectivity index (χ0) is 22.8. The van der Waals surface area contributed by atoms with E-state index in [1.54, 1.807) is 6.08 Å². The first kappa shape index (κ1) is 24.9. The SMILES string of the molecule is C=CCCC1CCC(/C=C/C2CCC(/C=C/c3ccc(CCCC)cc3)CC2)CC1(F)F. The lowest BCUT2D eigenvalue weighted by Crippen LogP contribution is -2.35. The van der Waals surface area contributed by atoms with Crippen molar-refractivity contribution in [3.63, 3.8) is 0 Å². The van der Waals surface area contributed by atoms with Crippen molar-refractivity contribution in [3.8, 4) is 0 Å². The van der Waals surface area contributed by atoms with Crippen molar-refractivity contribution in [2.75, 3.05) is 0 Å².